The number of hydrogen-bond acceptors (Lipinski definition) is 5. The van der Waals surface area contributed by atoms with Gasteiger partial charge in [-0.25, -0.2) is 4.68 Å². The first-order valence-electron chi connectivity index (χ1n) is 8.42. The van der Waals surface area contributed by atoms with Gasteiger partial charge in [-0.1, -0.05) is 52.7 Å². The maximum absolute atomic E-state index is 12.4. The minimum atomic E-state index is -0.148. The topological polar surface area (TPSA) is 85.8 Å². The molecule has 0 aliphatic carbocycles. The van der Waals surface area contributed by atoms with E-state index in [1.54, 1.807) is 18.2 Å². The van der Waals surface area contributed by atoms with Crippen LogP contribution in [0, 0.1) is 20.8 Å². The Kier molecular flexibility index (Phi) is 6.17. The highest BCUT2D eigenvalue weighted by atomic mass is 35.5. The average molecular weight is 436 g/mol. The predicted molar refractivity (Wildman–Crippen MR) is 116 cm³/mol. The molecule has 0 bridgehead atoms. The second-order valence-electron chi connectivity index (χ2n) is 6.41. The Bertz CT molecular complexity index is 1030. The molecule has 1 aromatic heterocycles. The molecule has 3 aromatic rings. The van der Waals surface area contributed by atoms with Crippen molar-refractivity contribution in [2.45, 2.75) is 25.9 Å². The van der Waals surface area contributed by atoms with E-state index in [1.807, 2.05) is 32.9 Å². The Morgan fingerprint density at radius 1 is 1.14 bits per heavy atom. The molecule has 6 nitrogen and oxygen atoms in total. The largest absolute Gasteiger partial charge is 0.335 e. The van der Waals surface area contributed by atoms with Crippen molar-refractivity contribution in [3.8, 4) is 11.4 Å². The summed E-state index contributed by atoms with van der Waals surface area (Å²) in [5, 5.41) is 12.5. The predicted octanol–water partition coefficient (Wildman–Crippen LogP) is 4.62. The molecule has 3 N–H and O–H groups in total. The molecule has 0 fully saturated rings. The minimum absolute atomic E-state index is 0.144. The van der Waals surface area contributed by atoms with Crippen molar-refractivity contribution in [1.29, 1.82) is 0 Å². The number of anilines is 1. The number of benzene rings is 2. The highest BCUT2D eigenvalue weighted by Gasteiger charge is 2.17. The van der Waals surface area contributed by atoms with Gasteiger partial charge in [0.25, 0.3) is 0 Å². The summed E-state index contributed by atoms with van der Waals surface area (Å²) in [6.07, 6.45) is 0. The first-order valence-corrected chi connectivity index (χ1v) is 10.2. The summed E-state index contributed by atoms with van der Waals surface area (Å²) in [7, 11) is 0. The molecule has 0 unspecified atom stereocenters. The standard InChI is InChI=1S/C19H19Cl2N5OS/c1-10-6-11(2)17(12(3)7-10)23-16(27)9-28-19-25-24-18(26(19)22)14-8-13(20)4-5-15(14)21/h4-8H,9,22H2,1-3H3,(H,23,27). The number of carbonyl (C=O) groups excluding carboxylic acids is 1. The van der Waals surface area contributed by atoms with Gasteiger partial charge in [0.05, 0.1) is 10.8 Å². The van der Waals surface area contributed by atoms with E-state index in [1.165, 1.54) is 16.4 Å². The molecule has 0 saturated carbocycles. The summed E-state index contributed by atoms with van der Waals surface area (Å²) in [6.45, 7) is 5.97. The van der Waals surface area contributed by atoms with Crippen LogP contribution >= 0.6 is 35.0 Å². The summed E-state index contributed by atoms with van der Waals surface area (Å²) in [5.74, 6) is 6.47. The van der Waals surface area contributed by atoms with E-state index in [2.05, 4.69) is 15.5 Å². The Balaban J connectivity index is 1.71. The third-order valence-corrected chi connectivity index (χ3v) is 5.62. The van der Waals surface area contributed by atoms with Crippen molar-refractivity contribution in [2.75, 3.05) is 16.9 Å². The van der Waals surface area contributed by atoms with Crippen LogP contribution in [-0.4, -0.2) is 26.5 Å². The smallest absolute Gasteiger partial charge is 0.234 e. The SMILES string of the molecule is Cc1cc(C)c(NC(=O)CSc2nnc(-c3cc(Cl)ccc3Cl)n2N)c(C)c1. The van der Waals surface area contributed by atoms with Crippen molar-refractivity contribution in [2.24, 2.45) is 0 Å². The first kappa shape index (κ1) is 20.5. The first-order chi connectivity index (χ1) is 13.3. The third kappa shape index (κ3) is 4.43. The summed E-state index contributed by atoms with van der Waals surface area (Å²) in [4.78, 5) is 12.4. The van der Waals surface area contributed by atoms with E-state index in [0.29, 0.717) is 26.6 Å². The van der Waals surface area contributed by atoms with Gasteiger partial charge in [0.2, 0.25) is 11.1 Å². The zero-order valence-electron chi connectivity index (χ0n) is 15.6. The molecular weight excluding hydrogens is 417 g/mol. The fourth-order valence-electron chi connectivity index (χ4n) is 2.91. The van der Waals surface area contributed by atoms with Gasteiger partial charge in [-0.15, -0.1) is 10.2 Å². The van der Waals surface area contributed by atoms with Crippen LogP contribution in [0.15, 0.2) is 35.5 Å². The number of aryl methyl sites for hydroxylation is 3. The third-order valence-electron chi connectivity index (χ3n) is 4.11. The number of nitrogens with zero attached hydrogens (tertiary/aromatic N) is 3. The fourth-order valence-corrected chi connectivity index (χ4v) is 3.94. The second kappa shape index (κ2) is 8.43. The maximum Gasteiger partial charge on any atom is 0.234 e. The van der Waals surface area contributed by atoms with Crippen LogP contribution in [0.2, 0.25) is 10.0 Å². The van der Waals surface area contributed by atoms with Crippen molar-refractivity contribution >= 4 is 46.6 Å². The molecule has 0 spiro atoms. The van der Waals surface area contributed by atoms with Crippen LogP contribution in [0.25, 0.3) is 11.4 Å². The second-order valence-corrected chi connectivity index (χ2v) is 8.20. The minimum Gasteiger partial charge on any atom is -0.335 e. The molecule has 0 aliphatic rings. The number of aromatic nitrogens is 3. The van der Waals surface area contributed by atoms with Gasteiger partial charge < -0.3 is 11.2 Å². The quantitative estimate of drug-likeness (QED) is 0.450. The summed E-state index contributed by atoms with van der Waals surface area (Å²) >= 11 is 13.4. The van der Waals surface area contributed by atoms with E-state index in [-0.39, 0.29) is 11.7 Å². The Morgan fingerprint density at radius 3 is 2.50 bits per heavy atom. The molecule has 2 aromatic carbocycles. The molecule has 1 heterocycles. The Morgan fingerprint density at radius 2 is 1.82 bits per heavy atom. The van der Waals surface area contributed by atoms with Gasteiger partial charge >= 0.3 is 0 Å². The van der Waals surface area contributed by atoms with Crippen molar-refractivity contribution in [1.82, 2.24) is 14.9 Å². The van der Waals surface area contributed by atoms with E-state index in [9.17, 15) is 4.79 Å². The molecule has 146 valence electrons. The van der Waals surface area contributed by atoms with Crippen LogP contribution in [0.5, 0.6) is 0 Å². The van der Waals surface area contributed by atoms with Crippen molar-refractivity contribution in [3.63, 3.8) is 0 Å². The number of nitrogens with one attached hydrogen (secondary N) is 1. The molecule has 0 atom stereocenters. The summed E-state index contributed by atoms with van der Waals surface area (Å²) in [6, 6.07) is 9.09. The number of halogens is 2. The van der Waals surface area contributed by atoms with Gasteiger partial charge in [-0.3, -0.25) is 4.79 Å². The molecule has 1 amide bonds. The van der Waals surface area contributed by atoms with Gasteiger partial charge in [0.15, 0.2) is 5.82 Å². The van der Waals surface area contributed by atoms with Crippen molar-refractivity contribution in [3.05, 3.63) is 57.1 Å². The number of rotatable bonds is 5. The number of thioether (sulfide) groups is 1. The molecule has 9 heteroatoms. The van der Waals surface area contributed by atoms with E-state index in [4.69, 9.17) is 29.0 Å². The van der Waals surface area contributed by atoms with Crippen LogP contribution in [-0.2, 0) is 4.79 Å². The fraction of sp³-hybridized carbons (Fsp3) is 0.211. The van der Waals surface area contributed by atoms with Gasteiger partial charge in [0, 0.05) is 16.3 Å². The number of amides is 1. The lowest BCUT2D eigenvalue weighted by Gasteiger charge is -2.12. The normalized spacial score (nSPS) is 10.9. The number of nitrogens with two attached hydrogens (primary N) is 1. The highest BCUT2D eigenvalue weighted by Crippen LogP contribution is 2.30. The Hall–Kier alpha value is -2.22. The Labute approximate surface area is 177 Å². The lowest BCUT2D eigenvalue weighted by Crippen LogP contribution is -2.17. The number of carbonyl (C=O) groups is 1. The lowest BCUT2D eigenvalue weighted by atomic mass is 10.1. The van der Waals surface area contributed by atoms with Crippen LogP contribution in [0.4, 0.5) is 5.69 Å². The zero-order chi connectivity index (χ0) is 20.4. The molecule has 0 aliphatic heterocycles. The number of nitrogen functional groups attached to an aromatic ring is 1. The van der Waals surface area contributed by atoms with Crippen LogP contribution < -0.4 is 11.2 Å². The molecule has 0 saturated heterocycles. The van der Waals surface area contributed by atoms with Gasteiger partial charge in [0.1, 0.15) is 0 Å². The van der Waals surface area contributed by atoms with E-state index < -0.39 is 0 Å². The molecule has 3 rings (SSSR count). The van der Waals surface area contributed by atoms with Gasteiger partial charge in [-0.2, -0.15) is 0 Å². The van der Waals surface area contributed by atoms with Crippen LogP contribution in [0.1, 0.15) is 16.7 Å². The number of hydrogen-bond donors (Lipinski definition) is 2. The summed E-state index contributed by atoms with van der Waals surface area (Å²) < 4.78 is 1.30. The zero-order valence-corrected chi connectivity index (χ0v) is 17.9. The highest BCUT2D eigenvalue weighted by molar-refractivity contribution is 7.99. The summed E-state index contributed by atoms with van der Waals surface area (Å²) in [5.41, 5.74) is 4.61. The molecule has 0 radical (unpaired) electrons. The average Bonchev–Trinajstić information content (AvgIpc) is 2.99. The monoisotopic (exact) mass is 435 g/mol. The van der Waals surface area contributed by atoms with E-state index >= 15 is 0 Å². The van der Waals surface area contributed by atoms with Crippen molar-refractivity contribution < 1.29 is 4.79 Å². The van der Waals surface area contributed by atoms with E-state index in [0.717, 1.165) is 22.4 Å². The molecular formula is C19H19Cl2N5OS. The lowest BCUT2D eigenvalue weighted by molar-refractivity contribution is -0.113. The van der Waals surface area contributed by atoms with Crippen LogP contribution in [0.3, 0.4) is 0 Å². The molecule has 28 heavy (non-hydrogen) atoms. The van der Waals surface area contributed by atoms with Gasteiger partial charge in [-0.05, 0) is 50.1 Å². The maximum atomic E-state index is 12.4.